The zero-order chi connectivity index (χ0) is 17.2. The van der Waals surface area contributed by atoms with Gasteiger partial charge in [-0.05, 0) is 50.3 Å². The molecule has 1 saturated heterocycles. The van der Waals surface area contributed by atoms with Crippen molar-refractivity contribution in [1.29, 1.82) is 0 Å². The van der Waals surface area contributed by atoms with E-state index < -0.39 is 0 Å². The van der Waals surface area contributed by atoms with Gasteiger partial charge in [0.15, 0.2) is 11.5 Å². The van der Waals surface area contributed by atoms with Crippen LogP contribution in [-0.4, -0.2) is 45.9 Å². The van der Waals surface area contributed by atoms with E-state index in [0.717, 1.165) is 35.9 Å². The third-order valence-corrected chi connectivity index (χ3v) is 6.84. The van der Waals surface area contributed by atoms with E-state index in [1.807, 2.05) is 11.8 Å². The molecule has 3 aliphatic rings. The highest BCUT2D eigenvalue weighted by Gasteiger charge is 2.46. The predicted molar refractivity (Wildman–Crippen MR) is 98.5 cm³/mol. The third-order valence-electron chi connectivity index (χ3n) is 6.84. The van der Waals surface area contributed by atoms with E-state index in [-0.39, 0.29) is 0 Å². The highest BCUT2D eigenvalue weighted by atomic mass is 16.5. The Labute approximate surface area is 152 Å². The zero-order valence-corrected chi connectivity index (χ0v) is 15.9. The first kappa shape index (κ1) is 17.2. The van der Waals surface area contributed by atoms with Gasteiger partial charge in [-0.15, -0.1) is 0 Å². The van der Waals surface area contributed by atoms with Crippen LogP contribution >= 0.6 is 0 Å². The number of piperazine rings is 1. The summed E-state index contributed by atoms with van der Waals surface area (Å²) in [6.07, 6.45) is 6.09. The molecule has 1 heterocycles. The number of rotatable bonds is 6. The second-order valence-corrected chi connectivity index (χ2v) is 8.28. The van der Waals surface area contributed by atoms with Crippen LogP contribution in [0.3, 0.4) is 0 Å². The Hall–Kier alpha value is -1.26. The van der Waals surface area contributed by atoms with Gasteiger partial charge in [-0.25, -0.2) is 0 Å². The van der Waals surface area contributed by atoms with E-state index in [4.69, 9.17) is 9.47 Å². The molecule has 0 amide bonds. The second-order valence-electron chi connectivity index (χ2n) is 8.28. The molecule has 138 valence electrons. The summed E-state index contributed by atoms with van der Waals surface area (Å²) < 4.78 is 11.1. The van der Waals surface area contributed by atoms with Crippen LogP contribution in [-0.2, 0) is 6.54 Å². The van der Waals surface area contributed by atoms with Crippen molar-refractivity contribution in [2.45, 2.75) is 45.2 Å². The Kier molecular flexibility index (Phi) is 5.18. The van der Waals surface area contributed by atoms with Gasteiger partial charge in [0.1, 0.15) is 32.7 Å². The first-order valence-corrected chi connectivity index (χ1v) is 10.2. The first-order chi connectivity index (χ1) is 12.3. The fourth-order valence-corrected chi connectivity index (χ4v) is 5.61. The smallest absolute Gasteiger partial charge is 0.161 e. The summed E-state index contributed by atoms with van der Waals surface area (Å²) in [4.78, 5) is 3.64. The maximum absolute atomic E-state index is 5.73. The Morgan fingerprint density at radius 1 is 1.04 bits per heavy atom. The van der Waals surface area contributed by atoms with Crippen molar-refractivity contribution in [1.82, 2.24) is 0 Å². The Morgan fingerprint density at radius 3 is 2.52 bits per heavy atom. The van der Waals surface area contributed by atoms with Gasteiger partial charge in [0.05, 0.1) is 19.8 Å². The molecule has 2 bridgehead atoms. The monoisotopic (exact) mass is 346 g/mol. The topological polar surface area (TPSA) is 27.3 Å². The molecule has 1 aromatic carbocycles. The molecule has 3 fully saturated rings. The fourth-order valence-electron chi connectivity index (χ4n) is 5.61. The number of fused-ring (bicyclic) bond motifs is 2. The van der Waals surface area contributed by atoms with Crippen molar-refractivity contribution < 1.29 is 19.3 Å². The van der Waals surface area contributed by atoms with Crippen LogP contribution < -0.4 is 19.3 Å². The van der Waals surface area contributed by atoms with Crippen molar-refractivity contribution in [3.8, 4) is 11.5 Å². The summed E-state index contributed by atoms with van der Waals surface area (Å²) in [6, 6.07) is 7.41. The predicted octanol–water partition coefficient (Wildman–Crippen LogP) is 0.566. The van der Waals surface area contributed by atoms with Gasteiger partial charge in [0.25, 0.3) is 0 Å². The molecule has 0 aromatic heterocycles. The van der Waals surface area contributed by atoms with Gasteiger partial charge in [-0.2, -0.15) is 0 Å². The number of benzene rings is 1. The maximum atomic E-state index is 5.73. The summed E-state index contributed by atoms with van der Waals surface area (Å²) in [5, 5.41) is 0. The SMILES string of the molecule is CCOc1cc(C[NH+]2CC[NH+](C3CC4CCC3C4)CC2)ccc1OC. The quantitative estimate of drug-likeness (QED) is 0.788. The zero-order valence-electron chi connectivity index (χ0n) is 15.9. The van der Waals surface area contributed by atoms with Crippen LogP contribution in [0.2, 0.25) is 0 Å². The standard InChI is InChI=1S/C21H32N2O2/c1-3-25-21-14-17(5-7-20(21)24-2)15-22-8-10-23(11-9-22)19-13-16-4-6-18(19)12-16/h5,7,14,16,18-19H,3-4,6,8-13,15H2,1-2H3/p+2. The molecule has 3 unspecified atom stereocenters. The summed E-state index contributed by atoms with van der Waals surface area (Å²) in [6.45, 7) is 9.13. The molecular weight excluding hydrogens is 312 g/mol. The van der Waals surface area contributed by atoms with E-state index in [1.165, 1.54) is 57.4 Å². The average Bonchev–Trinajstić information content (AvgIpc) is 3.26. The molecule has 4 rings (SSSR count). The number of ether oxygens (including phenoxy) is 2. The number of quaternary nitrogens is 2. The minimum absolute atomic E-state index is 0.679. The summed E-state index contributed by atoms with van der Waals surface area (Å²) >= 11 is 0. The molecule has 0 radical (unpaired) electrons. The van der Waals surface area contributed by atoms with Crippen LogP contribution in [0.4, 0.5) is 0 Å². The molecular formula is C21H34N2O2+2. The number of methoxy groups -OCH3 is 1. The molecule has 1 aliphatic heterocycles. The van der Waals surface area contributed by atoms with Crippen molar-refractivity contribution in [2.75, 3.05) is 39.9 Å². The molecule has 2 aliphatic carbocycles. The van der Waals surface area contributed by atoms with Crippen LogP contribution in [0.1, 0.15) is 38.2 Å². The van der Waals surface area contributed by atoms with Crippen molar-refractivity contribution >= 4 is 0 Å². The molecule has 1 aromatic rings. The van der Waals surface area contributed by atoms with Gasteiger partial charge >= 0.3 is 0 Å². The lowest BCUT2D eigenvalue weighted by atomic mass is 9.93. The molecule has 2 saturated carbocycles. The van der Waals surface area contributed by atoms with Crippen LogP contribution in [0.5, 0.6) is 11.5 Å². The van der Waals surface area contributed by atoms with Gasteiger partial charge in [0.2, 0.25) is 0 Å². The van der Waals surface area contributed by atoms with E-state index in [0.29, 0.717) is 6.61 Å². The maximum Gasteiger partial charge on any atom is 0.161 e. The number of hydrogen-bond acceptors (Lipinski definition) is 2. The van der Waals surface area contributed by atoms with Crippen LogP contribution in [0.25, 0.3) is 0 Å². The summed E-state index contributed by atoms with van der Waals surface area (Å²) in [7, 11) is 1.71. The highest BCUT2D eigenvalue weighted by molar-refractivity contribution is 5.42. The van der Waals surface area contributed by atoms with Crippen molar-refractivity contribution in [2.24, 2.45) is 11.8 Å². The van der Waals surface area contributed by atoms with Crippen LogP contribution in [0.15, 0.2) is 18.2 Å². The molecule has 2 N–H and O–H groups in total. The van der Waals surface area contributed by atoms with Crippen molar-refractivity contribution in [3.05, 3.63) is 23.8 Å². The molecule has 4 nitrogen and oxygen atoms in total. The third kappa shape index (κ3) is 3.65. The van der Waals surface area contributed by atoms with Crippen LogP contribution in [0, 0.1) is 11.8 Å². The first-order valence-electron chi connectivity index (χ1n) is 10.2. The Morgan fingerprint density at radius 2 is 1.88 bits per heavy atom. The Balaban J connectivity index is 1.32. The largest absolute Gasteiger partial charge is 0.493 e. The van der Waals surface area contributed by atoms with Crippen molar-refractivity contribution in [3.63, 3.8) is 0 Å². The lowest BCUT2D eigenvalue weighted by Gasteiger charge is -2.36. The fraction of sp³-hybridized carbons (Fsp3) is 0.714. The second kappa shape index (κ2) is 7.55. The van der Waals surface area contributed by atoms with E-state index in [1.54, 1.807) is 12.0 Å². The number of nitrogens with one attached hydrogen (secondary N) is 2. The van der Waals surface area contributed by atoms with E-state index >= 15 is 0 Å². The number of hydrogen-bond donors (Lipinski definition) is 2. The van der Waals surface area contributed by atoms with E-state index in [2.05, 4.69) is 18.2 Å². The lowest BCUT2D eigenvalue weighted by Crippen LogP contribution is -3.29. The molecule has 25 heavy (non-hydrogen) atoms. The summed E-state index contributed by atoms with van der Waals surface area (Å²) in [5.74, 6) is 3.85. The van der Waals surface area contributed by atoms with Gasteiger partial charge in [-0.3, -0.25) is 0 Å². The average molecular weight is 347 g/mol. The van der Waals surface area contributed by atoms with Gasteiger partial charge < -0.3 is 19.3 Å². The minimum atomic E-state index is 0.679. The van der Waals surface area contributed by atoms with E-state index in [9.17, 15) is 0 Å². The summed E-state index contributed by atoms with van der Waals surface area (Å²) in [5.41, 5.74) is 1.36. The molecule has 0 spiro atoms. The Bertz CT molecular complexity index is 583. The van der Waals surface area contributed by atoms with Gasteiger partial charge in [-0.1, -0.05) is 0 Å². The molecule has 4 heteroatoms. The molecule has 3 atom stereocenters. The minimum Gasteiger partial charge on any atom is -0.493 e. The normalized spacial score (nSPS) is 34.2. The van der Waals surface area contributed by atoms with Gasteiger partial charge in [0, 0.05) is 17.9 Å². The highest BCUT2D eigenvalue weighted by Crippen LogP contribution is 2.43. The lowest BCUT2D eigenvalue weighted by molar-refractivity contribution is -1.03.